The van der Waals surface area contributed by atoms with Crippen molar-refractivity contribution in [2.75, 3.05) is 0 Å². The third-order valence-electron chi connectivity index (χ3n) is 5.95. The van der Waals surface area contributed by atoms with Crippen LogP contribution in [0.15, 0.2) is 65.7 Å². The molecule has 0 radical (unpaired) electrons. The van der Waals surface area contributed by atoms with Crippen LogP contribution >= 0.6 is 0 Å². The molecule has 0 bridgehead atoms. The first-order valence-corrected chi connectivity index (χ1v) is 10.8. The Morgan fingerprint density at radius 3 is 2.64 bits per heavy atom. The van der Waals surface area contributed by atoms with Gasteiger partial charge < -0.3 is 15.3 Å². The molecule has 0 saturated carbocycles. The van der Waals surface area contributed by atoms with Crippen molar-refractivity contribution in [1.82, 2.24) is 19.1 Å². The fourth-order valence-electron chi connectivity index (χ4n) is 4.46. The van der Waals surface area contributed by atoms with Crippen LogP contribution in [0.3, 0.4) is 0 Å². The van der Waals surface area contributed by atoms with Gasteiger partial charge in [0.1, 0.15) is 11.8 Å². The van der Waals surface area contributed by atoms with Crippen molar-refractivity contribution in [2.45, 2.75) is 25.8 Å². The summed E-state index contributed by atoms with van der Waals surface area (Å²) < 4.78 is 3.72. The number of aromatic nitrogens is 4. The molecule has 5 N–H and O–H groups in total. The highest BCUT2D eigenvalue weighted by Gasteiger charge is 2.23. The third-order valence-corrected chi connectivity index (χ3v) is 5.95. The van der Waals surface area contributed by atoms with Crippen molar-refractivity contribution in [1.29, 1.82) is 10.7 Å². The van der Waals surface area contributed by atoms with E-state index < -0.39 is 0 Å². The predicted octanol–water partition coefficient (Wildman–Crippen LogP) is 4.25. The summed E-state index contributed by atoms with van der Waals surface area (Å²) in [5, 5.41) is 19.1. The molecule has 33 heavy (non-hydrogen) atoms. The molecule has 0 aliphatic rings. The quantitative estimate of drug-likeness (QED) is 0.172. The van der Waals surface area contributed by atoms with Crippen molar-refractivity contribution >= 4 is 27.6 Å². The van der Waals surface area contributed by atoms with E-state index in [0.29, 0.717) is 17.8 Å². The summed E-state index contributed by atoms with van der Waals surface area (Å²) >= 11 is 0. The fraction of sp³-hybridized carbons (Fsp3) is 0.160. The van der Waals surface area contributed by atoms with Gasteiger partial charge in [-0.25, -0.2) is 4.79 Å². The molecule has 0 atom stereocenters. The van der Waals surface area contributed by atoms with Crippen molar-refractivity contribution in [3.8, 4) is 23.0 Å². The number of aromatic amines is 2. The molecule has 5 aromatic rings. The normalized spacial score (nSPS) is 11.2. The fourth-order valence-corrected chi connectivity index (χ4v) is 4.46. The van der Waals surface area contributed by atoms with Gasteiger partial charge >= 0.3 is 5.69 Å². The predicted molar refractivity (Wildman–Crippen MR) is 130 cm³/mol. The number of imidazole rings is 1. The van der Waals surface area contributed by atoms with E-state index >= 15 is 0 Å². The summed E-state index contributed by atoms with van der Waals surface area (Å²) in [6.45, 7) is 0.747. The average Bonchev–Trinajstić information content (AvgIpc) is 3.49. The van der Waals surface area contributed by atoms with Crippen LogP contribution in [-0.4, -0.2) is 24.9 Å². The molecular formula is C25H23N7O. The van der Waals surface area contributed by atoms with Crippen LogP contribution in [0.25, 0.3) is 38.8 Å². The number of amidine groups is 1. The maximum Gasteiger partial charge on any atom is 0.331 e. The molecule has 0 unspecified atom stereocenters. The van der Waals surface area contributed by atoms with Crippen LogP contribution in [-0.2, 0) is 6.54 Å². The molecular weight excluding hydrogens is 414 g/mol. The number of H-pyrrole nitrogens is 2. The zero-order valence-electron chi connectivity index (χ0n) is 17.9. The number of hydrogen-bond donors (Lipinski definition) is 4. The number of hydrogen-bond acceptors (Lipinski definition) is 3. The number of nitriles is 1. The minimum atomic E-state index is -0.357. The Labute approximate surface area is 189 Å². The third kappa shape index (κ3) is 3.49. The van der Waals surface area contributed by atoms with E-state index in [0.717, 1.165) is 46.8 Å². The zero-order chi connectivity index (χ0) is 22.9. The van der Waals surface area contributed by atoms with E-state index in [9.17, 15) is 10.1 Å². The lowest BCUT2D eigenvalue weighted by Crippen LogP contribution is -2.15. The van der Waals surface area contributed by atoms with Crippen molar-refractivity contribution < 1.29 is 0 Å². The van der Waals surface area contributed by atoms with Gasteiger partial charge in [-0.1, -0.05) is 36.4 Å². The summed E-state index contributed by atoms with van der Waals surface area (Å²) in [4.78, 5) is 19.0. The molecule has 0 fully saturated rings. The van der Waals surface area contributed by atoms with Gasteiger partial charge in [-0.3, -0.25) is 15.0 Å². The minimum absolute atomic E-state index is 0.196. The smallest absolute Gasteiger partial charge is 0.331 e. The standard InChI is InChI=1S/C25H23N7O/c26-13-20-24(32(25(33)30-20)22-14-29-19-9-3-1-8-17(19)22)18-15-31(12-6-5-11-23(27)28)21-10-4-2-7-16(18)21/h1-4,7-10,14-15,29H,5-6,11-12H2,(H3,27,28)(H,30,33). The Morgan fingerprint density at radius 2 is 1.85 bits per heavy atom. The van der Waals surface area contributed by atoms with Gasteiger partial charge in [-0.2, -0.15) is 5.26 Å². The van der Waals surface area contributed by atoms with Crippen molar-refractivity contribution in [3.63, 3.8) is 0 Å². The van der Waals surface area contributed by atoms with E-state index in [-0.39, 0.29) is 17.2 Å². The molecule has 5 rings (SSSR count). The number of nitrogens with two attached hydrogens (primary N) is 1. The lowest BCUT2D eigenvalue weighted by molar-refractivity contribution is 0.635. The monoisotopic (exact) mass is 437 g/mol. The molecule has 3 heterocycles. The van der Waals surface area contributed by atoms with Crippen molar-refractivity contribution in [3.05, 3.63) is 77.1 Å². The van der Waals surface area contributed by atoms with Gasteiger partial charge in [-0.15, -0.1) is 0 Å². The van der Waals surface area contributed by atoms with Crippen LogP contribution in [0.5, 0.6) is 0 Å². The lowest BCUT2D eigenvalue weighted by atomic mass is 10.1. The summed E-state index contributed by atoms with van der Waals surface area (Å²) in [5.74, 6) is 0.196. The van der Waals surface area contributed by atoms with Crippen LogP contribution in [0.2, 0.25) is 0 Å². The van der Waals surface area contributed by atoms with E-state index in [1.165, 1.54) is 0 Å². The molecule has 0 saturated heterocycles. The number of para-hydroxylation sites is 2. The van der Waals surface area contributed by atoms with Gasteiger partial charge in [0, 0.05) is 52.7 Å². The number of fused-ring (bicyclic) bond motifs is 2. The molecule has 0 spiro atoms. The highest BCUT2D eigenvalue weighted by molar-refractivity contribution is 5.97. The average molecular weight is 438 g/mol. The second-order valence-corrected chi connectivity index (χ2v) is 8.06. The second kappa shape index (κ2) is 8.20. The number of nitrogens with zero attached hydrogens (tertiary/aromatic N) is 3. The van der Waals surface area contributed by atoms with Gasteiger partial charge in [0.05, 0.1) is 17.2 Å². The van der Waals surface area contributed by atoms with Crippen LogP contribution in [0, 0.1) is 16.7 Å². The van der Waals surface area contributed by atoms with Gasteiger partial charge in [-0.05, 0) is 25.0 Å². The lowest BCUT2D eigenvalue weighted by Gasteiger charge is -2.06. The molecule has 164 valence electrons. The minimum Gasteiger partial charge on any atom is -0.388 e. The summed E-state index contributed by atoms with van der Waals surface area (Å²) in [7, 11) is 0. The Balaban J connectivity index is 1.69. The highest BCUT2D eigenvalue weighted by Crippen LogP contribution is 2.34. The largest absolute Gasteiger partial charge is 0.388 e. The van der Waals surface area contributed by atoms with E-state index in [1.807, 2.05) is 54.7 Å². The topological polar surface area (TPSA) is 132 Å². The molecule has 2 aromatic carbocycles. The number of aryl methyl sites for hydroxylation is 1. The number of rotatable bonds is 7. The summed E-state index contributed by atoms with van der Waals surface area (Å²) in [5.41, 5.74) is 9.36. The molecule has 8 nitrogen and oxygen atoms in total. The number of unbranched alkanes of at least 4 members (excludes halogenated alkanes) is 1. The Bertz CT molecular complexity index is 1590. The van der Waals surface area contributed by atoms with E-state index in [1.54, 1.807) is 10.8 Å². The first-order chi connectivity index (χ1) is 16.1. The molecule has 0 aliphatic carbocycles. The van der Waals surface area contributed by atoms with Gasteiger partial charge in [0.25, 0.3) is 0 Å². The Hall–Kier alpha value is -4.51. The molecule has 8 heteroatoms. The molecule has 3 aromatic heterocycles. The van der Waals surface area contributed by atoms with Crippen LogP contribution in [0.4, 0.5) is 0 Å². The maximum atomic E-state index is 13.1. The Kier molecular flexibility index (Phi) is 5.07. The van der Waals surface area contributed by atoms with E-state index in [2.05, 4.69) is 20.6 Å². The highest BCUT2D eigenvalue weighted by atomic mass is 16.1. The van der Waals surface area contributed by atoms with Crippen molar-refractivity contribution in [2.24, 2.45) is 5.73 Å². The first kappa shape index (κ1) is 20.4. The molecule has 0 aliphatic heterocycles. The van der Waals surface area contributed by atoms with Crippen LogP contribution < -0.4 is 11.4 Å². The zero-order valence-corrected chi connectivity index (χ0v) is 17.9. The van der Waals surface area contributed by atoms with Crippen LogP contribution in [0.1, 0.15) is 25.0 Å². The van der Waals surface area contributed by atoms with E-state index in [4.69, 9.17) is 11.1 Å². The molecule has 0 amide bonds. The summed E-state index contributed by atoms with van der Waals surface area (Å²) in [6.07, 6.45) is 6.07. The maximum absolute atomic E-state index is 13.1. The SMILES string of the molecule is N#Cc1[nH]c(=O)n(-c2c[nH]c3ccccc23)c1-c1cn(CCCCC(=N)N)c2ccccc12. The number of benzene rings is 2. The number of nitrogens with one attached hydrogen (secondary N) is 3. The summed E-state index contributed by atoms with van der Waals surface area (Å²) in [6, 6.07) is 17.9. The van der Waals surface area contributed by atoms with Gasteiger partial charge in [0.15, 0.2) is 0 Å². The second-order valence-electron chi connectivity index (χ2n) is 8.06. The first-order valence-electron chi connectivity index (χ1n) is 10.8. The Morgan fingerprint density at radius 1 is 1.09 bits per heavy atom. The van der Waals surface area contributed by atoms with Gasteiger partial charge in [0.2, 0.25) is 0 Å².